The van der Waals surface area contributed by atoms with E-state index in [9.17, 15) is 13.2 Å². The third-order valence-corrected chi connectivity index (χ3v) is 8.40. The van der Waals surface area contributed by atoms with Crippen molar-refractivity contribution in [2.75, 3.05) is 18.4 Å². The van der Waals surface area contributed by atoms with Gasteiger partial charge in [0, 0.05) is 18.7 Å². The Morgan fingerprint density at radius 3 is 2.58 bits per heavy atom. The van der Waals surface area contributed by atoms with E-state index in [1.54, 1.807) is 28.6 Å². The van der Waals surface area contributed by atoms with Crippen LogP contribution in [-0.4, -0.2) is 36.7 Å². The Balaban J connectivity index is 1.43. The van der Waals surface area contributed by atoms with Crippen molar-refractivity contribution >= 4 is 53.4 Å². The molecule has 0 spiro atoms. The lowest BCUT2D eigenvalue weighted by molar-refractivity contribution is 0.102. The molecule has 1 fully saturated rings. The van der Waals surface area contributed by atoms with Gasteiger partial charge in [-0.15, -0.1) is 0 Å². The molecule has 158 valence electrons. The second kappa shape index (κ2) is 8.03. The molecule has 1 aromatic heterocycles. The highest BCUT2D eigenvalue weighted by Gasteiger charge is 2.26. The van der Waals surface area contributed by atoms with Crippen LogP contribution in [0.3, 0.4) is 0 Å². The molecule has 3 aromatic carbocycles. The number of amides is 1. The summed E-state index contributed by atoms with van der Waals surface area (Å²) in [5, 5.41) is 5.18. The molecule has 8 heteroatoms. The molecule has 0 atom stereocenters. The largest absolute Gasteiger partial charge is 0.298 e. The number of rotatable bonds is 4. The van der Waals surface area contributed by atoms with Crippen LogP contribution in [-0.2, 0) is 10.0 Å². The first kappa shape index (κ1) is 20.1. The van der Waals surface area contributed by atoms with Crippen molar-refractivity contribution in [2.45, 2.75) is 24.2 Å². The lowest BCUT2D eigenvalue weighted by atomic mass is 10.0. The molecule has 1 N–H and O–H groups in total. The highest BCUT2D eigenvalue weighted by atomic mass is 32.2. The van der Waals surface area contributed by atoms with Gasteiger partial charge >= 0.3 is 0 Å². The number of thiazole rings is 1. The van der Waals surface area contributed by atoms with Gasteiger partial charge in [0.15, 0.2) is 5.13 Å². The molecule has 1 saturated heterocycles. The number of carbonyl (C=O) groups is 1. The number of hydrogen-bond acceptors (Lipinski definition) is 5. The predicted octanol–water partition coefficient (Wildman–Crippen LogP) is 4.88. The van der Waals surface area contributed by atoms with E-state index in [2.05, 4.69) is 10.3 Å². The number of fused-ring (bicyclic) bond motifs is 2. The fraction of sp³-hybridized carbons (Fsp3) is 0.217. The van der Waals surface area contributed by atoms with Gasteiger partial charge in [-0.25, -0.2) is 13.4 Å². The van der Waals surface area contributed by atoms with Crippen LogP contribution in [0.4, 0.5) is 5.13 Å². The monoisotopic (exact) mass is 451 g/mol. The van der Waals surface area contributed by atoms with Crippen LogP contribution in [0.5, 0.6) is 0 Å². The summed E-state index contributed by atoms with van der Waals surface area (Å²) in [4.78, 5) is 17.6. The molecule has 1 aliphatic heterocycles. The Labute approximate surface area is 184 Å². The molecule has 2 heterocycles. The van der Waals surface area contributed by atoms with E-state index in [1.165, 1.54) is 11.3 Å². The van der Waals surface area contributed by atoms with Crippen molar-refractivity contribution in [3.63, 3.8) is 0 Å². The SMILES string of the molecule is O=C(Nc1nc2ccc(S(=O)(=O)N3CCCCC3)cc2s1)c1cccc2ccccc12. The van der Waals surface area contributed by atoms with Crippen molar-refractivity contribution in [1.82, 2.24) is 9.29 Å². The normalized spacial score (nSPS) is 15.4. The van der Waals surface area contributed by atoms with E-state index in [0.29, 0.717) is 29.3 Å². The molecule has 1 aliphatic rings. The van der Waals surface area contributed by atoms with E-state index in [-0.39, 0.29) is 10.8 Å². The van der Waals surface area contributed by atoms with Gasteiger partial charge in [0.1, 0.15) is 0 Å². The zero-order valence-electron chi connectivity index (χ0n) is 16.7. The minimum atomic E-state index is -3.51. The third kappa shape index (κ3) is 3.82. The summed E-state index contributed by atoms with van der Waals surface area (Å²) in [6.07, 6.45) is 2.86. The van der Waals surface area contributed by atoms with Gasteiger partial charge in [0.2, 0.25) is 10.0 Å². The maximum absolute atomic E-state index is 13.0. The number of carbonyl (C=O) groups excluding carboxylic acids is 1. The molecule has 6 nitrogen and oxygen atoms in total. The van der Waals surface area contributed by atoms with Gasteiger partial charge in [-0.1, -0.05) is 54.2 Å². The summed E-state index contributed by atoms with van der Waals surface area (Å²) in [7, 11) is -3.51. The van der Waals surface area contributed by atoms with Gasteiger partial charge in [0.25, 0.3) is 5.91 Å². The summed E-state index contributed by atoms with van der Waals surface area (Å²) in [5.74, 6) is -0.239. The summed E-state index contributed by atoms with van der Waals surface area (Å²) in [5.41, 5.74) is 1.24. The number of piperidine rings is 1. The highest BCUT2D eigenvalue weighted by Crippen LogP contribution is 2.30. The lowest BCUT2D eigenvalue weighted by Crippen LogP contribution is -2.35. The van der Waals surface area contributed by atoms with Gasteiger partial charge in [-0.3, -0.25) is 10.1 Å². The van der Waals surface area contributed by atoms with E-state index < -0.39 is 10.0 Å². The summed E-state index contributed by atoms with van der Waals surface area (Å²) >= 11 is 1.28. The van der Waals surface area contributed by atoms with Crippen molar-refractivity contribution in [3.8, 4) is 0 Å². The molecular weight excluding hydrogens is 430 g/mol. The number of nitrogens with zero attached hydrogens (tertiary/aromatic N) is 2. The molecule has 0 saturated carbocycles. The van der Waals surface area contributed by atoms with E-state index >= 15 is 0 Å². The average Bonchev–Trinajstić information content (AvgIpc) is 3.20. The molecule has 0 radical (unpaired) electrons. The summed E-state index contributed by atoms with van der Waals surface area (Å²) in [6.45, 7) is 1.13. The summed E-state index contributed by atoms with van der Waals surface area (Å²) in [6, 6.07) is 18.3. The maximum Gasteiger partial charge on any atom is 0.258 e. The average molecular weight is 452 g/mol. The number of hydrogen-bond donors (Lipinski definition) is 1. The van der Waals surface area contributed by atoms with Crippen molar-refractivity contribution in [2.24, 2.45) is 0 Å². The maximum atomic E-state index is 13.0. The second-order valence-corrected chi connectivity index (χ2v) is 10.6. The smallest absolute Gasteiger partial charge is 0.258 e. The first-order chi connectivity index (χ1) is 15.0. The standard InChI is InChI=1S/C23H21N3O3S2/c27-22(19-10-6-8-16-7-2-3-9-18(16)19)25-23-24-20-12-11-17(15-21(20)30-23)31(28,29)26-13-4-1-5-14-26/h2-3,6-12,15H,1,4-5,13-14H2,(H,24,25,27). The minimum absolute atomic E-state index is 0.239. The number of sulfonamides is 1. The Morgan fingerprint density at radius 2 is 1.74 bits per heavy atom. The number of anilines is 1. The van der Waals surface area contributed by atoms with Crippen molar-refractivity contribution < 1.29 is 13.2 Å². The zero-order valence-corrected chi connectivity index (χ0v) is 18.4. The van der Waals surface area contributed by atoms with Gasteiger partial charge in [0.05, 0.1) is 15.1 Å². The van der Waals surface area contributed by atoms with Gasteiger partial charge in [-0.05, 0) is 47.9 Å². The molecule has 31 heavy (non-hydrogen) atoms. The van der Waals surface area contributed by atoms with E-state index in [0.717, 1.165) is 34.7 Å². The fourth-order valence-electron chi connectivity index (χ4n) is 3.96. The molecule has 0 bridgehead atoms. The van der Waals surface area contributed by atoms with Crippen LogP contribution in [0.2, 0.25) is 0 Å². The quantitative estimate of drug-likeness (QED) is 0.480. The van der Waals surface area contributed by atoms with Crippen LogP contribution in [0, 0.1) is 0 Å². The van der Waals surface area contributed by atoms with E-state index in [4.69, 9.17) is 0 Å². The van der Waals surface area contributed by atoms with Gasteiger partial charge in [-0.2, -0.15) is 4.31 Å². The van der Waals surface area contributed by atoms with Crippen LogP contribution >= 0.6 is 11.3 Å². The Bertz CT molecular complexity index is 1380. The second-order valence-electron chi connectivity index (χ2n) is 7.59. The number of aromatic nitrogens is 1. The Morgan fingerprint density at radius 1 is 0.968 bits per heavy atom. The Hall–Kier alpha value is -2.81. The molecule has 4 aromatic rings. The molecular formula is C23H21N3O3S2. The predicted molar refractivity (Wildman–Crippen MR) is 124 cm³/mol. The van der Waals surface area contributed by atoms with E-state index in [1.807, 2.05) is 36.4 Å². The third-order valence-electron chi connectivity index (χ3n) is 5.57. The molecule has 5 rings (SSSR count). The molecule has 0 aliphatic carbocycles. The fourth-order valence-corrected chi connectivity index (χ4v) is 6.48. The highest BCUT2D eigenvalue weighted by molar-refractivity contribution is 7.89. The van der Waals surface area contributed by atoms with Crippen LogP contribution in [0.15, 0.2) is 65.6 Å². The first-order valence-corrected chi connectivity index (χ1v) is 12.5. The lowest BCUT2D eigenvalue weighted by Gasteiger charge is -2.25. The van der Waals surface area contributed by atoms with Crippen LogP contribution < -0.4 is 5.32 Å². The number of nitrogens with one attached hydrogen (secondary N) is 1. The molecule has 0 unspecified atom stereocenters. The van der Waals surface area contributed by atoms with Crippen LogP contribution in [0.25, 0.3) is 21.0 Å². The molecule has 1 amide bonds. The van der Waals surface area contributed by atoms with Crippen LogP contribution in [0.1, 0.15) is 29.6 Å². The topological polar surface area (TPSA) is 79.4 Å². The van der Waals surface area contributed by atoms with Crippen molar-refractivity contribution in [3.05, 3.63) is 66.2 Å². The minimum Gasteiger partial charge on any atom is -0.298 e. The number of benzene rings is 3. The van der Waals surface area contributed by atoms with Crippen molar-refractivity contribution in [1.29, 1.82) is 0 Å². The zero-order chi connectivity index (χ0) is 21.4. The first-order valence-electron chi connectivity index (χ1n) is 10.2. The Kier molecular flexibility index (Phi) is 5.21. The summed E-state index contributed by atoms with van der Waals surface area (Å²) < 4.78 is 28.2. The van der Waals surface area contributed by atoms with Gasteiger partial charge < -0.3 is 0 Å².